The van der Waals surface area contributed by atoms with Crippen LogP contribution in [0.4, 0.5) is 5.82 Å². The molecule has 4 rings (SSSR count). The lowest BCUT2D eigenvalue weighted by molar-refractivity contribution is 0.0628. The second kappa shape index (κ2) is 11.0. The number of carbonyl (C=O) groups excluding carboxylic acids is 1. The van der Waals surface area contributed by atoms with E-state index in [1.165, 1.54) is 17.3 Å². The zero-order valence-electron chi connectivity index (χ0n) is 18.9. The summed E-state index contributed by atoms with van der Waals surface area (Å²) in [5.41, 5.74) is 3.10. The van der Waals surface area contributed by atoms with Crippen LogP contribution in [0.3, 0.4) is 0 Å². The van der Waals surface area contributed by atoms with Crippen molar-refractivity contribution in [2.75, 3.05) is 45.2 Å². The van der Waals surface area contributed by atoms with Gasteiger partial charge in [-0.2, -0.15) is 0 Å². The van der Waals surface area contributed by atoms with Crippen molar-refractivity contribution in [1.29, 1.82) is 0 Å². The molecule has 6 nitrogen and oxygen atoms in total. The molecule has 0 unspecified atom stereocenters. The highest BCUT2D eigenvalue weighted by Crippen LogP contribution is 2.24. The van der Waals surface area contributed by atoms with Gasteiger partial charge in [0, 0.05) is 64.2 Å². The van der Waals surface area contributed by atoms with E-state index < -0.39 is 0 Å². The van der Waals surface area contributed by atoms with E-state index in [1.54, 1.807) is 6.07 Å². The summed E-state index contributed by atoms with van der Waals surface area (Å²) in [5.74, 6) is 1.53. The molecule has 1 amide bonds. The van der Waals surface area contributed by atoms with E-state index in [0.29, 0.717) is 16.1 Å². The zero-order chi connectivity index (χ0) is 23.2. The number of piperazine rings is 1. The number of hydrogen-bond donors (Lipinski definition) is 0. The number of aromatic nitrogens is 2. The summed E-state index contributed by atoms with van der Waals surface area (Å²) in [5, 5.41) is 1.05. The molecule has 3 aromatic rings. The quantitative estimate of drug-likeness (QED) is 0.282. The highest BCUT2D eigenvalue weighted by atomic mass is 35.5. The molecule has 2 heterocycles. The van der Waals surface area contributed by atoms with Crippen LogP contribution in [0.5, 0.6) is 0 Å². The van der Waals surface area contributed by atoms with Crippen LogP contribution in [-0.2, 0) is 12.3 Å². The SMILES string of the molecule is CN(C)c1cc(Cl)nc(SCc2cccc(C(=O)N3CCN(Cc4ccccc4)CC3)c2)n1. The first-order valence-electron chi connectivity index (χ1n) is 11.0. The van der Waals surface area contributed by atoms with Gasteiger partial charge in [-0.05, 0) is 23.3 Å². The molecule has 1 aromatic heterocycles. The molecule has 172 valence electrons. The van der Waals surface area contributed by atoms with Crippen LogP contribution >= 0.6 is 23.4 Å². The van der Waals surface area contributed by atoms with Crippen molar-refractivity contribution >= 4 is 35.1 Å². The zero-order valence-corrected chi connectivity index (χ0v) is 20.5. The monoisotopic (exact) mass is 481 g/mol. The van der Waals surface area contributed by atoms with Gasteiger partial charge in [0.05, 0.1) is 0 Å². The van der Waals surface area contributed by atoms with Crippen molar-refractivity contribution in [3.8, 4) is 0 Å². The van der Waals surface area contributed by atoms with Gasteiger partial charge in [-0.1, -0.05) is 65.8 Å². The minimum atomic E-state index is 0.0927. The first-order valence-corrected chi connectivity index (χ1v) is 12.3. The summed E-state index contributed by atoms with van der Waals surface area (Å²) >= 11 is 7.65. The molecule has 2 aromatic carbocycles. The van der Waals surface area contributed by atoms with Gasteiger partial charge in [0.1, 0.15) is 11.0 Å². The fourth-order valence-electron chi connectivity index (χ4n) is 3.75. The summed E-state index contributed by atoms with van der Waals surface area (Å²) in [6.45, 7) is 4.19. The van der Waals surface area contributed by atoms with Crippen molar-refractivity contribution < 1.29 is 4.79 Å². The Hall–Kier alpha value is -2.61. The summed E-state index contributed by atoms with van der Waals surface area (Å²) in [6.07, 6.45) is 0. The predicted octanol–water partition coefficient (Wildman–Crippen LogP) is 4.45. The number of carbonyl (C=O) groups is 1. The molecule has 1 aliphatic rings. The van der Waals surface area contributed by atoms with E-state index in [1.807, 2.05) is 54.2 Å². The van der Waals surface area contributed by atoms with Crippen LogP contribution in [0.25, 0.3) is 0 Å². The summed E-state index contributed by atoms with van der Waals surface area (Å²) in [4.78, 5) is 28.2. The van der Waals surface area contributed by atoms with Gasteiger partial charge in [-0.3, -0.25) is 9.69 Å². The second-order valence-electron chi connectivity index (χ2n) is 8.27. The fraction of sp³-hybridized carbons (Fsp3) is 0.320. The molecule has 0 aliphatic carbocycles. The Balaban J connectivity index is 1.33. The molecule has 0 saturated carbocycles. The molecule has 1 aliphatic heterocycles. The van der Waals surface area contributed by atoms with E-state index >= 15 is 0 Å². The molecule has 0 radical (unpaired) electrons. The maximum Gasteiger partial charge on any atom is 0.253 e. The van der Waals surface area contributed by atoms with Crippen LogP contribution in [0.15, 0.2) is 65.8 Å². The Labute approximate surface area is 204 Å². The van der Waals surface area contributed by atoms with Crippen molar-refractivity contribution in [3.05, 3.63) is 82.5 Å². The third-order valence-corrected chi connectivity index (χ3v) is 6.68. The molecule has 0 atom stereocenters. The lowest BCUT2D eigenvalue weighted by atomic mass is 10.1. The smallest absolute Gasteiger partial charge is 0.253 e. The van der Waals surface area contributed by atoms with Crippen LogP contribution in [0, 0.1) is 0 Å². The summed E-state index contributed by atoms with van der Waals surface area (Å²) in [6, 6.07) is 20.1. The highest BCUT2D eigenvalue weighted by Gasteiger charge is 2.22. The molecular formula is C25H28ClN5OS. The maximum absolute atomic E-state index is 13.1. The van der Waals surface area contributed by atoms with E-state index in [4.69, 9.17) is 11.6 Å². The van der Waals surface area contributed by atoms with Crippen molar-refractivity contribution in [2.24, 2.45) is 0 Å². The van der Waals surface area contributed by atoms with Crippen molar-refractivity contribution in [2.45, 2.75) is 17.5 Å². The van der Waals surface area contributed by atoms with Crippen LogP contribution < -0.4 is 4.90 Å². The van der Waals surface area contributed by atoms with Crippen LogP contribution in [0.1, 0.15) is 21.5 Å². The minimum absolute atomic E-state index is 0.0927. The summed E-state index contributed by atoms with van der Waals surface area (Å²) in [7, 11) is 3.84. The number of halogens is 1. The normalized spacial score (nSPS) is 14.3. The Morgan fingerprint density at radius 1 is 0.970 bits per heavy atom. The van der Waals surface area contributed by atoms with Gasteiger partial charge in [0.25, 0.3) is 5.91 Å². The van der Waals surface area contributed by atoms with Gasteiger partial charge < -0.3 is 9.80 Å². The Morgan fingerprint density at radius 3 is 2.42 bits per heavy atom. The number of nitrogens with zero attached hydrogens (tertiary/aromatic N) is 5. The average molecular weight is 482 g/mol. The molecular weight excluding hydrogens is 454 g/mol. The minimum Gasteiger partial charge on any atom is -0.363 e. The lowest BCUT2D eigenvalue weighted by Gasteiger charge is -2.34. The van der Waals surface area contributed by atoms with Gasteiger partial charge in [-0.15, -0.1) is 0 Å². The number of rotatable bonds is 7. The fourth-order valence-corrected chi connectivity index (χ4v) is 4.78. The number of amides is 1. The Bertz CT molecular complexity index is 1090. The molecule has 0 N–H and O–H groups in total. The number of hydrogen-bond acceptors (Lipinski definition) is 6. The van der Waals surface area contributed by atoms with E-state index in [-0.39, 0.29) is 5.91 Å². The van der Waals surface area contributed by atoms with Crippen LogP contribution in [-0.4, -0.2) is 65.9 Å². The predicted molar refractivity (Wildman–Crippen MR) is 135 cm³/mol. The molecule has 0 bridgehead atoms. The first-order chi connectivity index (χ1) is 16.0. The molecule has 1 fully saturated rings. The number of benzene rings is 2. The topological polar surface area (TPSA) is 52.6 Å². The second-order valence-corrected chi connectivity index (χ2v) is 9.60. The highest BCUT2D eigenvalue weighted by molar-refractivity contribution is 7.98. The first kappa shape index (κ1) is 23.5. The molecule has 33 heavy (non-hydrogen) atoms. The van der Waals surface area contributed by atoms with Crippen LogP contribution in [0.2, 0.25) is 5.15 Å². The third kappa shape index (κ3) is 6.47. The lowest BCUT2D eigenvalue weighted by Crippen LogP contribution is -2.48. The standard InChI is InChI=1S/C25H28ClN5OS/c1-29(2)23-16-22(26)27-25(28-23)33-18-20-9-6-10-21(15-20)24(32)31-13-11-30(12-14-31)17-19-7-4-3-5-8-19/h3-10,15-16H,11-14,17-18H2,1-2H3. The Morgan fingerprint density at radius 2 is 1.70 bits per heavy atom. The van der Waals surface area contributed by atoms with Crippen molar-refractivity contribution in [1.82, 2.24) is 19.8 Å². The third-order valence-electron chi connectivity index (χ3n) is 5.57. The van der Waals surface area contributed by atoms with E-state index in [2.05, 4.69) is 39.1 Å². The van der Waals surface area contributed by atoms with E-state index in [0.717, 1.165) is 49.7 Å². The van der Waals surface area contributed by atoms with Gasteiger partial charge in [-0.25, -0.2) is 9.97 Å². The Kier molecular flexibility index (Phi) is 7.85. The summed E-state index contributed by atoms with van der Waals surface area (Å²) < 4.78 is 0. The molecule has 8 heteroatoms. The van der Waals surface area contributed by atoms with E-state index in [9.17, 15) is 4.79 Å². The number of thioether (sulfide) groups is 1. The van der Waals surface area contributed by atoms with Gasteiger partial charge in [0.2, 0.25) is 0 Å². The largest absolute Gasteiger partial charge is 0.363 e. The maximum atomic E-state index is 13.1. The van der Waals surface area contributed by atoms with Gasteiger partial charge >= 0.3 is 0 Å². The van der Waals surface area contributed by atoms with Gasteiger partial charge in [0.15, 0.2) is 5.16 Å². The number of anilines is 1. The van der Waals surface area contributed by atoms with Crippen molar-refractivity contribution in [3.63, 3.8) is 0 Å². The molecule has 0 spiro atoms. The average Bonchev–Trinajstić information content (AvgIpc) is 2.83. The molecule has 1 saturated heterocycles.